The number of nitrogens with zero attached hydrogens (tertiary/aromatic N) is 4. The summed E-state index contributed by atoms with van der Waals surface area (Å²) in [6, 6.07) is 0. The van der Waals surface area contributed by atoms with Gasteiger partial charge in [-0.1, -0.05) is 0 Å². The number of carbonyl (C=O) groups is 1. The fourth-order valence-electron chi connectivity index (χ4n) is 3.07. The Labute approximate surface area is 130 Å². The van der Waals surface area contributed by atoms with Crippen molar-refractivity contribution < 1.29 is 14.3 Å². The highest BCUT2D eigenvalue weighted by atomic mass is 16.5. The van der Waals surface area contributed by atoms with Crippen molar-refractivity contribution in [2.45, 2.75) is 19.1 Å². The van der Waals surface area contributed by atoms with E-state index in [1.807, 2.05) is 29.6 Å². The first-order valence-electron chi connectivity index (χ1n) is 7.78. The Kier molecular flexibility index (Phi) is 4.46. The average molecular weight is 308 g/mol. The second-order valence-corrected chi connectivity index (χ2v) is 6.15. The number of imidazole rings is 1. The number of aromatic nitrogens is 2. The summed E-state index contributed by atoms with van der Waals surface area (Å²) in [5.41, 5.74) is -0.777. The number of carbonyl (C=O) groups excluding carboxylic acids is 1. The molecule has 2 fully saturated rings. The van der Waals surface area contributed by atoms with Crippen LogP contribution in [0.15, 0.2) is 12.4 Å². The smallest absolute Gasteiger partial charge is 0.256 e. The Bertz CT molecular complexity index is 527. The van der Waals surface area contributed by atoms with E-state index in [-0.39, 0.29) is 5.91 Å². The lowest BCUT2D eigenvalue weighted by Gasteiger charge is -2.42. The molecule has 7 heteroatoms. The van der Waals surface area contributed by atoms with Crippen molar-refractivity contribution in [3.8, 4) is 0 Å². The van der Waals surface area contributed by atoms with Gasteiger partial charge in [0.25, 0.3) is 5.91 Å². The maximum Gasteiger partial charge on any atom is 0.256 e. The normalized spacial score (nSPS) is 27.1. The molecule has 0 bridgehead atoms. The zero-order valence-corrected chi connectivity index (χ0v) is 13.3. The van der Waals surface area contributed by atoms with Gasteiger partial charge in [-0.05, 0) is 6.92 Å². The first-order valence-corrected chi connectivity index (χ1v) is 7.78. The van der Waals surface area contributed by atoms with Crippen LogP contribution in [0.1, 0.15) is 12.7 Å². The quantitative estimate of drug-likeness (QED) is 0.778. The molecule has 0 spiro atoms. The molecule has 0 N–H and O–H groups in total. The number of hydrogen-bond acceptors (Lipinski definition) is 5. The predicted molar refractivity (Wildman–Crippen MR) is 80.2 cm³/mol. The second-order valence-electron chi connectivity index (χ2n) is 6.15. The fraction of sp³-hybridized carbons (Fsp3) is 0.733. The number of rotatable bonds is 3. The molecule has 1 aromatic rings. The van der Waals surface area contributed by atoms with Crippen LogP contribution in [0, 0.1) is 0 Å². The van der Waals surface area contributed by atoms with E-state index >= 15 is 0 Å². The van der Waals surface area contributed by atoms with Gasteiger partial charge in [-0.3, -0.25) is 9.69 Å². The molecule has 0 aliphatic carbocycles. The highest BCUT2D eigenvalue weighted by Crippen LogP contribution is 2.22. The fourth-order valence-corrected chi connectivity index (χ4v) is 3.07. The molecule has 7 nitrogen and oxygen atoms in total. The zero-order chi connectivity index (χ0) is 15.6. The van der Waals surface area contributed by atoms with Gasteiger partial charge in [-0.15, -0.1) is 0 Å². The summed E-state index contributed by atoms with van der Waals surface area (Å²) in [6.07, 6.45) is 3.74. The van der Waals surface area contributed by atoms with Crippen molar-refractivity contribution in [1.29, 1.82) is 0 Å². The number of ether oxygens (including phenoxy) is 2. The minimum absolute atomic E-state index is 0.0698. The Balaban J connectivity index is 1.65. The highest BCUT2D eigenvalue weighted by molar-refractivity contribution is 5.85. The molecule has 0 aromatic carbocycles. The van der Waals surface area contributed by atoms with E-state index in [0.29, 0.717) is 39.5 Å². The van der Waals surface area contributed by atoms with Crippen molar-refractivity contribution >= 4 is 5.91 Å². The second kappa shape index (κ2) is 6.36. The van der Waals surface area contributed by atoms with Crippen LogP contribution >= 0.6 is 0 Å². The van der Waals surface area contributed by atoms with E-state index in [1.54, 1.807) is 6.20 Å². The molecule has 2 aliphatic heterocycles. The monoisotopic (exact) mass is 308 g/mol. The van der Waals surface area contributed by atoms with Crippen LogP contribution in [-0.4, -0.2) is 76.9 Å². The third-order valence-electron chi connectivity index (χ3n) is 4.39. The highest BCUT2D eigenvalue weighted by Gasteiger charge is 2.42. The van der Waals surface area contributed by atoms with Gasteiger partial charge in [0, 0.05) is 45.6 Å². The summed E-state index contributed by atoms with van der Waals surface area (Å²) in [4.78, 5) is 21.2. The molecule has 122 valence electrons. The van der Waals surface area contributed by atoms with Gasteiger partial charge < -0.3 is 18.9 Å². The van der Waals surface area contributed by atoms with E-state index in [9.17, 15) is 4.79 Å². The lowest BCUT2D eigenvalue weighted by Crippen LogP contribution is -2.60. The van der Waals surface area contributed by atoms with Gasteiger partial charge in [0.1, 0.15) is 5.82 Å². The van der Waals surface area contributed by atoms with Crippen LogP contribution in [0.5, 0.6) is 0 Å². The van der Waals surface area contributed by atoms with Crippen LogP contribution in [0.3, 0.4) is 0 Å². The van der Waals surface area contributed by atoms with E-state index < -0.39 is 5.60 Å². The molecule has 0 unspecified atom stereocenters. The Morgan fingerprint density at radius 2 is 2.09 bits per heavy atom. The summed E-state index contributed by atoms with van der Waals surface area (Å²) < 4.78 is 13.2. The summed E-state index contributed by atoms with van der Waals surface area (Å²) in [7, 11) is 1.99. The van der Waals surface area contributed by atoms with E-state index in [1.165, 1.54) is 0 Å². The van der Waals surface area contributed by atoms with Crippen molar-refractivity contribution in [2.24, 2.45) is 7.05 Å². The molecule has 22 heavy (non-hydrogen) atoms. The Morgan fingerprint density at radius 3 is 2.77 bits per heavy atom. The van der Waals surface area contributed by atoms with Gasteiger partial charge in [-0.25, -0.2) is 4.98 Å². The third-order valence-corrected chi connectivity index (χ3v) is 4.39. The maximum atomic E-state index is 12.8. The third kappa shape index (κ3) is 3.16. The van der Waals surface area contributed by atoms with Crippen LogP contribution in [0.4, 0.5) is 0 Å². The lowest BCUT2D eigenvalue weighted by molar-refractivity contribution is -0.171. The number of hydrogen-bond donors (Lipinski definition) is 0. The van der Waals surface area contributed by atoms with Crippen molar-refractivity contribution in [3.05, 3.63) is 18.2 Å². The molecule has 1 aromatic heterocycles. The molecule has 1 atom stereocenters. The molecule has 0 saturated carbocycles. The van der Waals surface area contributed by atoms with Crippen LogP contribution in [0.25, 0.3) is 0 Å². The molecule has 1 amide bonds. The molecule has 0 radical (unpaired) electrons. The summed E-state index contributed by atoms with van der Waals surface area (Å²) in [6.45, 7) is 7.13. The van der Waals surface area contributed by atoms with Gasteiger partial charge in [0.2, 0.25) is 0 Å². The number of aryl methyl sites for hydroxylation is 1. The van der Waals surface area contributed by atoms with Crippen LogP contribution < -0.4 is 0 Å². The van der Waals surface area contributed by atoms with Gasteiger partial charge in [0.05, 0.1) is 26.4 Å². The topological polar surface area (TPSA) is 59.8 Å². The molecule has 2 saturated heterocycles. The number of amides is 1. The number of morpholine rings is 2. The standard InChI is InChI=1S/C15H24N4O3/c1-15(14(20)19-6-8-21-9-7-19)12-18(5-10-22-15)11-13-16-3-4-17(13)2/h3-4H,5-12H2,1-2H3/t15-/m0/s1. The van der Waals surface area contributed by atoms with Gasteiger partial charge >= 0.3 is 0 Å². The molecular weight excluding hydrogens is 284 g/mol. The molecule has 2 aliphatic rings. The van der Waals surface area contributed by atoms with E-state index in [0.717, 1.165) is 18.9 Å². The first-order chi connectivity index (χ1) is 10.6. The van der Waals surface area contributed by atoms with E-state index in [2.05, 4.69) is 9.88 Å². The van der Waals surface area contributed by atoms with Crippen molar-refractivity contribution in [1.82, 2.24) is 19.4 Å². The Morgan fingerprint density at radius 1 is 1.32 bits per heavy atom. The van der Waals surface area contributed by atoms with E-state index in [4.69, 9.17) is 9.47 Å². The predicted octanol–water partition coefficient (Wildman–Crippen LogP) is -0.130. The summed E-state index contributed by atoms with van der Waals surface area (Å²) >= 11 is 0. The zero-order valence-electron chi connectivity index (χ0n) is 13.3. The van der Waals surface area contributed by atoms with Crippen molar-refractivity contribution in [2.75, 3.05) is 46.0 Å². The minimum atomic E-state index is -0.777. The minimum Gasteiger partial charge on any atom is -0.378 e. The molecular formula is C15H24N4O3. The largest absolute Gasteiger partial charge is 0.378 e. The lowest BCUT2D eigenvalue weighted by atomic mass is 10.0. The van der Waals surface area contributed by atoms with Crippen molar-refractivity contribution in [3.63, 3.8) is 0 Å². The first kappa shape index (κ1) is 15.5. The van der Waals surface area contributed by atoms with Crippen LogP contribution in [0.2, 0.25) is 0 Å². The van der Waals surface area contributed by atoms with Crippen LogP contribution in [-0.2, 0) is 27.9 Å². The Hall–Kier alpha value is -1.44. The SMILES string of the molecule is Cn1ccnc1CN1CCO[C@](C)(C(=O)N2CCOCC2)C1. The average Bonchev–Trinajstić information content (AvgIpc) is 2.93. The molecule has 3 heterocycles. The van der Waals surface area contributed by atoms with Gasteiger partial charge in [-0.2, -0.15) is 0 Å². The van der Waals surface area contributed by atoms with Gasteiger partial charge in [0.15, 0.2) is 5.60 Å². The maximum absolute atomic E-state index is 12.8. The molecule has 3 rings (SSSR count). The summed E-state index contributed by atoms with van der Waals surface area (Å²) in [5, 5.41) is 0. The summed E-state index contributed by atoms with van der Waals surface area (Å²) in [5.74, 6) is 1.07.